The summed E-state index contributed by atoms with van der Waals surface area (Å²) in [4.78, 5) is 15.3. The molecule has 0 aliphatic carbocycles. The van der Waals surface area contributed by atoms with Crippen LogP contribution < -0.4 is 15.5 Å². The lowest BCUT2D eigenvalue weighted by Crippen LogP contribution is -2.37. The zero-order chi connectivity index (χ0) is 19.7. The van der Waals surface area contributed by atoms with Gasteiger partial charge >= 0.3 is 0 Å². The van der Waals surface area contributed by atoms with Gasteiger partial charge in [0.05, 0.1) is 11.4 Å². The number of benzene rings is 1. The number of amides is 1. The number of carbonyl (C=O) groups is 1. The average Bonchev–Trinajstić information content (AvgIpc) is 2.69. The molecule has 0 saturated carbocycles. The number of aromatic nitrogens is 1. The molecule has 2 aromatic rings. The van der Waals surface area contributed by atoms with Crippen LogP contribution in [0.2, 0.25) is 0 Å². The number of hydroxylamine groups is 1. The minimum Gasteiger partial charge on any atom is -0.481 e. The third-order valence-corrected chi connectivity index (χ3v) is 5.50. The van der Waals surface area contributed by atoms with Gasteiger partial charge in [-0.3, -0.25) is 20.3 Å². The van der Waals surface area contributed by atoms with Crippen molar-refractivity contribution in [3.05, 3.63) is 54.4 Å². The summed E-state index contributed by atoms with van der Waals surface area (Å²) in [5.74, 6) is 5.17. The number of pyridine rings is 1. The molecule has 2 rings (SSSR count). The zero-order valence-electron chi connectivity index (χ0n) is 14.5. The number of nitrogens with one attached hydrogen (secondary N) is 2. The van der Waals surface area contributed by atoms with Crippen LogP contribution in [0.5, 0.6) is 5.75 Å². The maximum Gasteiger partial charge on any atom is 0.257 e. The number of sulfone groups is 1. The molecule has 0 aliphatic heterocycles. The van der Waals surface area contributed by atoms with Crippen LogP contribution in [-0.2, 0) is 14.6 Å². The normalized spacial score (nSPS) is 11.8. The number of hydrogen-bond donors (Lipinski definition) is 3. The fourth-order valence-corrected chi connectivity index (χ4v) is 3.80. The van der Waals surface area contributed by atoms with Gasteiger partial charge in [0.1, 0.15) is 17.7 Å². The first-order valence-corrected chi connectivity index (χ1v) is 9.46. The Bertz CT molecular complexity index is 919. The van der Waals surface area contributed by atoms with E-state index in [1.165, 1.54) is 42.1 Å². The van der Waals surface area contributed by atoms with Crippen LogP contribution >= 0.6 is 0 Å². The van der Waals surface area contributed by atoms with Gasteiger partial charge in [0.15, 0.2) is 9.84 Å². The van der Waals surface area contributed by atoms with Crippen LogP contribution in [0.4, 0.5) is 0 Å². The first kappa shape index (κ1) is 20.4. The maximum absolute atomic E-state index is 13.1. The molecule has 1 aromatic heterocycles. The molecule has 1 aromatic carbocycles. The lowest BCUT2D eigenvalue weighted by Gasteiger charge is -2.19. The summed E-state index contributed by atoms with van der Waals surface area (Å²) in [6.07, 6.45) is 2.91. The van der Waals surface area contributed by atoms with E-state index in [-0.39, 0.29) is 11.5 Å². The minimum atomic E-state index is -3.90. The van der Waals surface area contributed by atoms with Gasteiger partial charge in [-0.05, 0) is 37.3 Å². The van der Waals surface area contributed by atoms with Gasteiger partial charge in [0.2, 0.25) is 0 Å². The molecule has 0 saturated heterocycles. The third kappa shape index (κ3) is 5.52. The van der Waals surface area contributed by atoms with Crippen molar-refractivity contribution in [2.75, 3.05) is 13.2 Å². The summed E-state index contributed by atoms with van der Waals surface area (Å²) in [5, 5.41) is 10.0. The Hall–Kier alpha value is -2.93. The molecule has 1 atom stereocenters. The van der Waals surface area contributed by atoms with Crippen LogP contribution in [0.25, 0.3) is 0 Å². The summed E-state index contributed by atoms with van der Waals surface area (Å²) in [6.45, 7) is 1.51. The first-order valence-electron chi connectivity index (χ1n) is 7.91. The van der Waals surface area contributed by atoms with E-state index in [1.807, 2.05) is 0 Å². The molecule has 1 amide bonds. The van der Waals surface area contributed by atoms with Crippen LogP contribution in [-0.4, -0.2) is 37.7 Å². The van der Waals surface area contributed by atoms with E-state index in [0.29, 0.717) is 11.3 Å². The summed E-state index contributed by atoms with van der Waals surface area (Å²) < 4.78 is 31.5. The second kappa shape index (κ2) is 9.68. The fourth-order valence-electron chi connectivity index (χ4n) is 2.22. The highest BCUT2D eigenvalue weighted by molar-refractivity contribution is 7.91. The topological polar surface area (TPSA) is 118 Å². The van der Waals surface area contributed by atoms with E-state index < -0.39 is 27.7 Å². The quantitative estimate of drug-likeness (QED) is 0.351. The molecular weight excluding hydrogens is 370 g/mol. The Morgan fingerprint density at radius 2 is 2.04 bits per heavy atom. The zero-order valence-corrected chi connectivity index (χ0v) is 15.4. The minimum absolute atomic E-state index is 0.0437. The van der Waals surface area contributed by atoms with Gasteiger partial charge < -0.3 is 4.74 Å². The predicted molar refractivity (Wildman–Crippen MR) is 97.5 cm³/mol. The van der Waals surface area contributed by atoms with Crippen molar-refractivity contribution >= 4 is 15.7 Å². The van der Waals surface area contributed by atoms with Crippen molar-refractivity contribution in [3.8, 4) is 17.6 Å². The summed E-state index contributed by atoms with van der Waals surface area (Å²) in [6, 6.07) is 9.08. The van der Waals surface area contributed by atoms with Gasteiger partial charge in [-0.15, -0.1) is 5.92 Å². The Balaban J connectivity index is 2.29. The molecule has 1 unspecified atom stereocenters. The van der Waals surface area contributed by atoms with Gasteiger partial charge in [0.25, 0.3) is 5.91 Å². The van der Waals surface area contributed by atoms with Crippen molar-refractivity contribution < 1.29 is 23.2 Å². The largest absolute Gasteiger partial charge is 0.481 e. The number of ether oxygens (including phenoxy) is 1. The van der Waals surface area contributed by atoms with E-state index >= 15 is 0 Å². The van der Waals surface area contributed by atoms with Gasteiger partial charge in [0, 0.05) is 18.0 Å². The lowest BCUT2D eigenvalue weighted by molar-refractivity contribution is -0.128. The molecule has 8 nitrogen and oxygen atoms in total. The highest BCUT2D eigenvalue weighted by Crippen LogP contribution is 2.27. The first-order chi connectivity index (χ1) is 13.0. The lowest BCUT2D eigenvalue weighted by atomic mass is 10.3. The smallest absolute Gasteiger partial charge is 0.257 e. The third-order valence-electron chi connectivity index (χ3n) is 3.51. The van der Waals surface area contributed by atoms with Crippen molar-refractivity contribution in [2.45, 2.75) is 17.2 Å². The molecule has 0 radical (unpaired) electrons. The van der Waals surface area contributed by atoms with E-state index in [1.54, 1.807) is 19.1 Å². The summed E-state index contributed by atoms with van der Waals surface area (Å²) in [5.41, 5.74) is 1.82. The number of nitrogens with zero attached hydrogens (tertiary/aromatic N) is 1. The molecule has 0 fully saturated rings. The van der Waals surface area contributed by atoms with Crippen molar-refractivity contribution in [3.63, 3.8) is 0 Å². The highest BCUT2D eigenvalue weighted by atomic mass is 32.2. The van der Waals surface area contributed by atoms with E-state index in [2.05, 4.69) is 22.1 Å². The standard InChI is InChI=1S/C18H19N3O5S/c1-2-3-11-26-15-6-8-16(9-7-15)27(24,25)18(20-13-17(22)21-23)14-5-4-10-19-12-14/h4-10,12,18,20,23H,11,13H2,1H3,(H,21,22). The van der Waals surface area contributed by atoms with Crippen LogP contribution in [0.15, 0.2) is 53.7 Å². The Labute approximate surface area is 157 Å². The Morgan fingerprint density at radius 1 is 1.30 bits per heavy atom. The highest BCUT2D eigenvalue weighted by Gasteiger charge is 2.29. The van der Waals surface area contributed by atoms with E-state index in [4.69, 9.17) is 9.94 Å². The molecule has 3 N–H and O–H groups in total. The van der Waals surface area contributed by atoms with Crippen LogP contribution in [0.3, 0.4) is 0 Å². The van der Waals surface area contributed by atoms with E-state index in [0.717, 1.165) is 0 Å². The second-order valence-corrected chi connectivity index (χ2v) is 7.35. The number of carbonyl (C=O) groups excluding carboxylic acids is 1. The van der Waals surface area contributed by atoms with Crippen molar-refractivity contribution in [1.82, 2.24) is 15.8 Å². The van der Waals surface area contributed by atoms with Gasteiger partial charge in [-0.2, -0.15) is 0 Å². The fraction of sp³-hybridized carbons (Fsp3) is 0.222. The Morgan fingerprint density at radius 3 is 2.63 bits per heavy atom. The molecule has 142 valence electrons. The number of rotatable bonds is 8. The van der Waals surface area contributed by atoms with Gasteiger partial charge in [-0.25, -0.2) is 13.9 Å². The molecular formula is C18H19N3O5S. The summed E-state index contributed by atoms with van der Waals surface area (Å²) >= 11 is 0. The van der Waals surface area contributed by atoms with Crippen molar-refractivity contribution in [1.29, 1.82) is 0 Å². The van der Waals surface area contributed by atoms with Crippen molar-refractivity contribution in [2.24, 2.45) is 0 Å². The summed E-state index contributed by atoms with van der Waals surface area (Å²) in [7, 11) is -3.90. The molecule has 0 spiro atoms. The van der Waals surface area contributed by atoms with Crippen LogP contribution in [0, 0.1) is 11.8 Å². The Kier molecular flexibility index (Phi) is 7.31. The molecule has 1 heterocycles. The SMILES string of the molecule is CC#CCOc1ccc(S(=O)(=O)C(NCC(=O)NO)c2cccnc2)cc1. The average molecular weight is 389 g/mol. The predicted octanol–water partition coefficient (Wildman–Crippen LogP) is 1.05. The van der Waals surface area contributed by atoms with Gasteiger partial charge in [-0.1, -0.05) is 12.0 Å². The molecule has 27 heavy (non-hydrogen) atoms. The maximum atomic E-state index is 13.1. The van der Waals surface area contributed by atoms with E-state index in [9.17, 15) is 13.2 Å². The molecule has 0 aliphatic rings. The monoisotopic (exact) mass is 389 g/mol. The second-order valence-electron chi connectivity index (χ2n) is 5.31. The molecule has 9 heteroatoms. The van der Waals surface area contributed by atoms with Crippen LogP contribution in [0.1, 0.15) is 17.9 Å². The number of hydrogen-bond acceptors (Lipinski definition) is 7. The molecule has 0 bridgehead atoms.